The molecular formula is C12H14F3NO4S. The highest BCUT2D eigenvalue weighted by molar-refractivity contribution is 7.89. The lowest BCUT2D eigenvalue weighted by Crippen LogP contribution is -2.40. The number of carbonyl (C=O) groups is 1. The summed E-state index contributed by atoms with van der Waals surface area (Å²) < 4.78 is 64.5. The third kappa shape index (κ3) is 4.43. The molecule has 21 heavy (non-hydrogen) atoms. The van der Waals surface area contributed by atoms with Crippen molar-refractivity contribution in [2.24, 2.45) is 0 Å². The summed E-state index contributed by atoms with van der Waals surface area (Å²) >= 11 is 0. The van der Waals surface area contributed by atoms with Crippen LogP contribution in [0.5, 0.6) is 0 Å². The number of nitrogens with one attached hydrogen (secondary N) is 1. The highest BCUT2D eigenvalue weighted by atomic mass is 32.2. The number of unbranched alkanes of at least 4 members (excludes halogenated alkanes) is 1. The van der Waals surface area contributed by atoms with Crippen LogP contribution in [0, 0.1) is 17.5 Å². The van der Waals surface area contributed by atoms with Crippen LogP contribution in [0.1, 0.15) is 26.2 Å². The van der Waals surface area contributed by atoms with Gasteiger partial charge in [-0.1, -0.05) is 19.8 Å². The summed E-state index contributed by atoms with van der Waals surface area (Å²) in [6.45, 7) is 1.79. The molecule has 1 atom stereocenters. The Labute approximate surface area is 119 Å². The predicted octanol–water partition coefficient (Wildman–Crippen LogP) is 2.03. The largest absolute Gasteiger partial charge is 0.480 e. The summed E-state index contributed by atoms with van der Waals surface area (Å²) in [5.74, 6) is -6.54. The third-order valence-electron chi connectivity index (χ3n) is 2.71. The molecule has 0 heterocycles. The van der Waals surface area contributed by atoms with Crippen molar-refractivity contribution < 1.29 is 31.5 Å². The van der Waals surface area contributed by atoms with E-state index in [0.29, 0.717) is 25.0 Å². The van der Waals surface area contributed by atoms with Crippen LogP contribution in [0.4, 0.5) is 13.2 Å². The highest BCUT2D eigenvalue weighted by Crippen LogP contribution is 2.18. The molecule has 0 saturated heterocycles. The van der Waals surface area contributed by atoms with Gasteiger partial charge in [-0.3, -0.25) is 4.79 Å². The van der Waals surface area contributed by atoms with E-state index in [-0.39, 0.29) is 6.42 Å². The standard InChI is InChI=1S/C12H14F3NO4S/c1-2-3-4-10(12(17)18)16-21(19,20)7-5-8(13)11(15)9(14)6-7/h5-6,10,16H,2-4H2,1H3,(H,17,18). The minimum absolute atomic E-state index is 0.0250. The topological polar surface area (TPSA) is 83.5 Å². The first-order valence-corrected chi connectivity index (χ1v) is 7.57. The number of carboxylic acid groups (broad SMARTS) is 1. The second-order valence-corrected chi connectivity index (χ2v) is 6.07. The van der Waals surface area contributed by atoms with E-state index in [4.69, 9.17) is 5.11 Å². The second kappa shape index (κ2) is 6.90. The summed E-state index contributed by atoms with van der Waals surface area (Å²) in [4.78, 5) is 10.1. The molecule has 0 radical (unpaired) electrons. The zero-order valence-corrected chi connectivity index (χ0v) is 11.9. The minimum atomic E-state index is -4.47. The second-order valence-electron chi connectivity index (χ2n) is 4.36. The first-order valence-electron chi connectivity index (χ1n) is 6.08. The number of sulfonamides is 1. The Bertz CT molecular complexity index is 610. The molecule has 0 saturated carbocycles. The molecule has 0 aliphatic carbocycles. The normalized spacial score (nSPS) is 13.1. The van der Waals surface area contributed by atoms with Crippen molar-refractivity contribution in [1.82, 2.24) is 4.72 Å². The number of aliphatic carboxylic acids is 1. The number of carboxylic acids is 1. The highest BCUT2D eigenvalue weighted by Gasteiger charge is 2.26. The molecule has 1 aromatic rings. The van der Waals surface area contributed by atoms with Crippen molar-refractivity contribution in [2.75, 3.05) is 0 Å². The molecule has 0 aromatic heterocycles. The van der Waals surface area contributed by atoms with E-state index in [0.717, 1.165) is 0 Å². The molecule has 118 valence electrons. The molecule has 1 rings (SSSR count). The van der Waals surface area contributed by atoms with Crippen LogP contribution >= 0.6 is 0 Å². The van der Waals surface area contributed by atoms with E-state index in [9.17, 15) is 26.4 Å². The maximum atomic E-state index is 13.0. The fourth-order valence-corrected chi connectivity index (χ4v) is 2.83. The lowest BCUT2D eigenvalue weighted by molar-refractivity contribution is -0.139. The first kappa shape index (κ1) is 17.4. The van der Waals surface area contributed by atoms with Gasteiger partial charge in [0.25, 0.3) is 0 Å². The number of hydrogen-bond acceptors (Lipinski definition) is 3. The van der Waals surface area contributed by atoms with Gasteiger partial charge in [0, 0.05) is 0 Å². The molecule has 0 spiro atoms. The van der Waals surface area contributed by atoms with Crippen LogP contribution in [-0.2, 0) is 14.8 Å². The Morgan fingerprint density at radius 2 is 1.81 bits per heavy atom. The van der Waals surface area contributed by atoms with Crippen LogP contribution < -0.4 is 4.72 Å². The number of rotatable bonds is 7. The Kier molecular flexibility index (Phi) is 5.73. The van der Waals surface area contributed by atoms with E-state index in [1.165, 1.54) is 0 Å². The SMILES string of the molecule is CCCCC(NS(=O)(=O)c1cc(F)c(F)c(F)c1)C(=O)O. The lowest BCUT2D eigenvalue weighted by Gasteiger charge is -2.14. The van der Waals surface area contributed by atoms with Crippen molar-refractivity contribution >= 4 is 16.0 Å². The average molecular weight is 325 g/mol. The Balaban J connectivity index is 3.07. The molecule has 0 aliphatic heterocycles. The first-order chi connectivity index (χ1) is 9.69. The quantitative estimate of drug-likeness (QED) is 0.751. The molecule has 1 aromatic carbocycles. The van der Waals surface area contributed by atoms with Gasteiger partial charge in [0.15, 0.2) is 17.5 Å². The smallest absolute Gasteiger partial charge is 0.321 e. The molecule has 5 nitrogen and oxygen atoms in total. The molecule has 1 unspecified atom stereocenters. The van der Waals surface area contributed by atoms with Crippen molar-refractivity contribution in [3.05, 3.63) is 29.6 Å². The molecule has 0 fully saturated rings. The zero-order valence-electron chi connectivity index (χ0n) is 11.1. The summed E-state index contributed by atoms with van der Waals surface area (Å²) in [6, 6.07) is -0.843. The average Bonchev–Trinajstić information content (AvgIpc) is 2.39. The molecule has 9 heteroatoms. The minimum Gasteiger partial charge on any atom is -0.480 e. The maximum Gasteiger partial charge on any atom is 0.321 e. The van der Waals surface area contributed by atoms with Gasteiger partial charge in [0.2, 0.25) is 10.0 Å². The summed E-state index contributed by atoms with van der Waals surface area (Å²) in [7, 11) is -4.47. The van der Waals surface area contributed by atoms with Crippen molar-refractivity contribution in [3.63, 3.8) is 0 Å². The lowest BCUT2D eigenvalue weighted by atomic mass is 10.1. The molecule has 2 N–H and O–H groups in total. The van der Waals surface area contributed by atoms with Crippen LogP contribution in [0.25, 0.3) is 0 Å². The fraction of sp³-hybridized carbons (Fsp3) is 0.417. The van der Waals surface area contributed by atoms with Gasteiger partial charge < -0.3 is 5.11 Å². The summed E-state index contributed by atoms with van der Waals surface area (Å²) in [5.41, 5.74) is 0. The molecule has 0 amide bonds. The van der Waals surface area contributed by atoms with Crippen LogP contribution in [0.2, 0.25) is 0 Å². The Hall–Kier alpha value is -1.61. The van der Waals surface area contributed by atoms with E-state index >= 15 is 0 Å². The van der Waals surface area contributed by atoms with Gasteiger partial charge in [0.05, 0.1) is 4.90 Å². The van der Waals surface area contributed by atoms with Crippen molar-refractivity contribution in [3.8, 4) is 0 Å². The van der Waals surface area contributed by atoms with Crippen LogP contribution in [0.3, 0.4) is 0 Å². The molecule has 0 bridgehead atoms. The zero-order chi connectivity index (χ0) is 16.2. The van der Waals surface area contributed by atoms with E-state index in [1.807, 2.05) is 4.72 Å². The van der Waals surface area contributed by atoms with Gasteiger partial charge in [-0.15, -0.1) is 0 Å². The monoisotopic (exact) mass is 325 g/mol. The van der Waals surface area contributed by atoms with E-state index in [1.54, 1.807) is 6.92 Å². The Morgan fingerprint density at radius 3 is 2.24 bits per heavy atom. The third-order valence-corrected chi connectivity index (χ3v) is 4.16. The number of hydrogen-bond donors (Lipinski definition) is 2. The van der Waals surface area contributed by atoms with E-state index in [2.05, 4.69) is 0 Å². The van der Waals surface area contributed by atoms with Crippen molar-refractivity contribution in [1.29, 1.82) is 0 Å². The Morgan fingerprint density at radius 1 is 1.29 bits per heavy atom. The van der Waals surface area contributed by atoms with Crippen LogP contribution in [-0.4, -0.2) is 25.5 Å². The van der Waals surface area contributed by atoms with Gasteiger partial charge >= 0.3 is 5.97 Å². The van der Waals surface area contributed by atoms with Gasteiger partial charge in [-0.25, -0.2) is 21.6 Å². The summed E-state index contributed by atoms with van der Waals surface area (Å²) in [6.07, 6.45) is 1.12. The molecule has 0 aliphatic rings. The van der Waals surface area contributed by atoms with E-state index < -0.39 is 44.4 Å². The fourth-order valence-electron chi connectivity index (χ4n) is 1.58. The number of halogens is 3. The van der Waals surface area contributed by atoms with Gasteiger partial charge in [-0.05, 0) is 18.6 Å². The van der Waals surface area contributed by atoms with Gasteiger partial charge in [0.1, 0.15) is 6.04 Å². The summed E-state index contributed by atoms with van der Waals surface area (Å²) in [5, 5.41) is 8.93. The molecular weight excluding hydrogens is 311 g/mol. The van der Waals surface area contributed by atoms with Crippen molar-refractivity contribution in [2.45, 2.75) is 37.1 Å². The van der Waals surface area contributed by atoms with Gasteiger partial charge in [-0.2, -0.15) is 4.72 Å². The maximum absolute atomic E-state index is 13.0. The van der Waals surface area contributed by atoms with Crippen LogP contribution in [0.15, 0.2) is 17.0 Å². The number of benzene rings is 1. The predicted molar refractivity (Wildman–Crippen MR) is 67.6 cm³/mol.